The van der Waals surface area contributed by atoms with Crippen molar-refractivity contribution >= 4 is 22.2 Å². The van der Waals surface area contributed by atoms with Gasteiger partial charge in [-0.3, -0.25) is 0 Å². The maximum Gasteiger partial charge on any atom is 0.190 e. The number of hydrogen-bond acceptors (Lipinski definition) is 4. The molecule has 0 radical (unpaired) electrons. The van der Waals surface area contributed by atoms with Crippen LogP contribution in [0.4, 0.5) is 10.8 Å². The molecule has 3 nitrogen and oxygen atoms in total. The number of nitrogens with one attached hydrogen (secondary N) is 1. The van der Waals surface area contributed by atoms with Crippen molar-refractivity contribution in [3.63, 3.8) is 0 Å². The Balaban J connectivity index is 2.01. The lowest BCUT2D eigenvalue weighted by Gasteiger charge is -2.32. The van der Waals surface area contributed by atoms with Crippen molar-refractivity contribution < 1.29 is 0 Å². The van der Waals surface area contributed by atoms with Crippen molar-refractivity contribution in [2.45, 2.75) is 33.2 Å². The minimum absolute atomic E-state index is 0.355. The van der Waals surface area contributed by atoms with Crippen molar-refractivity contribution in [3.8, 4) is 0 Å². The molecule has 0 spiro atoms. The summed E-state index contributed by atoms with van der Waals surface area (Å²) in [5.74, 6) is 0.661. The highest BCUT2D eigenvalue weighted by Crippen LogP contribution is 2.39. The molecule has 2 unspecified atom stereocenters. The van der Waals surface area contributed by atoms with Gasteiger partial charge >= 0.3 is 0 Å². The molecule has 0 saturated heterocycles. The van der Waals surface area contributed by atoms with Gasteiger partial charge < -0.3 is 10.2 Å². The van der Waals surface area contributed by atoms with Crippen LogP contribution in [-0.4, -0.2) is 18.6 Å². The van der Waals surface area contributed by atoms with Gasteiger partial charge in [-0.1, -0.05) is 36.5 Å². The fraction of sp³-hybridized carbons (Fsp3) is 0.471. The first-order valence-electron chi connectivity index (χ1n) is 7.60. The molecule has 0 amide bonds. The Bertz CT molecular complexity index is 635. The molecule has 1 aromatic carbocycles. The number of nitrogens with zero attached hydrogens (tertiary/aromatic N) is 2. The molecule has 1 aromatic heterocycles. The van der Waals surface area contributed by atoms with E-state index in [9.17, 15) is 0 Å². The summed E-state index contributed by atoms with van der Waals surface area (Å²) in [6.45, 7) is 7.68. The first-order valence-corrected chi connectivity index (χ1v) is 8.41. The number of fused-ring (bicyclic) bond motifs is 1. The predicted molar refractivity (Wildman–Crippen MR) is 90.6 cm³/mol. The highest BCUT2D eigenvalue weighted by molar-refractivity contribution is 7.15. The molecule has 1 aliphatic heterocycles. The van der Waals surface area contributed by atoms with Crippen LogP contribution in [0, 0.1) is 12.8 Å². The molecule has 0 bridgehead atoms. The topological polar surface area (TPSA) is 28.2 Å². The second kappa shape index (κ2) is 5.78. The smallest absolute Gasteiger partial charge is 0.190 e. The van der Waals surface area contributed by atoms with E-state index in [0.29, 0.717) is 12.0 Å². The molecule has 2 aromatic rings. The van der Waals surface area contributed by atoms with Crippen LogP contribution in [0.5, 0.6) is 0 Å². The summed E-state index contributed by atoms with van der Waals surface area (Å²) in [4.78, 5) is 8.57. The Morgan fingerprint density at radius 2 is 2.14 bits per heavy atom. The number of anilines is 2. The van der Waals surface area contributed by atoms with Crippen molar-refractivity contribution in [2.75, 3.05) is 18.5 Å². The highest BCUT2D eigenvalue weighted by atomic mass is 32.1. The summed E-state index contributed by atoms with van der Waals surface area (Å²) in [6.07, 6.45) is 1.16. The van der Waals surface area contributed by atoms with E-state index in [0.717, 1.165) is 23.8 Å². The number of aryl methyl sites for hydroxylation is 1. The van der Waals surface area contributed by atoms with Crippen LogP contribution in [0.15, 0.2) is 24.3 Å². The molecular weight excluding hydrogens is 278 g/mol. The summed E-state index contributed by atoms with van der Waals surface area (Å²) in [6, 6.07) is 9.08. The SMILES string of the molecule is CNC(C)c1sc(N2CC(C)Cc3ccccc32)nc1C. The lowest BCUT2D eigenvalue weighted by Crippen LogP contribution is -2.30. The van der Waals surface area contributed by atoms with E-state index >= 15 is 0 Å². The van der Waals surface area contributed by atoms with Gasteiger partial charge in [-0.05, 0) is 44.9 Å². The second-order valence-electron chi connectivity index (χ2n) is 6.01. The average molecular weight is 301 g/mol. The van der Waals surface area contributed by atoms with Gasteiger partial charge in [0.05, 0.1) is 5.69 Å². The lowest BCUT2D eigenvalue weighted by molar-refractivity contribution is 0.562. The summed E-state index contributed by atoms with van der Waals surface area (Å²) in [5, 5.41) is 4.45. The zero-order valence-corrected chi connectivity index (χ0v) is 14.0. The van der Waals surface area contributed by atoms with E-state index in [1.54, 1.807) is 0 Å². The molecule has 0 aliphatic carbocycles. The molecule has 2 atom stereocenters. The minimum Gasteiger partial charge on any atom is -0.317 e. The Morgan fingerprint density at radius 3 is 2.90 bits per heavy atom. The Morgan fingerprint density at radius 1 is 1.38 bits per heavy atom. The first-order chi connectivity index (χ1) is 10.1. The van der Waals surface area contributed by atoms with Gasteiger partial charge in [0.25, 0.3) is 0 Å². The van der Waals surface area contributed by atoms with Crippen LogP contribution >= 0.6 is 11.3 Å². The molecule has 4 heteroatoms. The van der Waals surface area contributed by atoms with E-state index in [2.05, 4.69) is 55.3 Å². The highest BCUT2D eigenvalue weighted by Gasteiger charge is 2.25. The fourth-order valence-electron chi connectivity index (χ4n) is 3.02. The van der Waals surface area contributed by atoms with Gasteiger partial charge in [0, 0.05) is 23.2 Å². The van der Waals surface area contributed by atoms with Crippen molar-refractivity contribution in [1.29, 1.82) is 0 Å². The molecular formula is C17H23N3S. The molecule has 21 heavy (non-hydrogen) atoms. The second-order valence-corrected chi connectivity index (χ2v) is 7.01. The van der Waals surface area contributed by atoms with Crippen molar-refractivity contribution in [2.24, 2.45) is 5.92 Å². The van der Waals surface area contributed by atoms with Gasteiger partial charge in [-0.15, -0.1) is 0 Å². The van der Waals surface area contributed by atoms with E-state index in [1.807, 2.05) is 18.4 Å². The average Bonchev–Trinajstić information content (AvgIpc) is 2.87. The zero-order chi connectivity index (χ0) is 15.0. The normalized spacial score (nSPS) is 19.4. The summed E-state index contributed by atoms with van der Waals surface area (Å²) < 4.78 is 0. The number of hydrogen-bond donors (Lipinski definition) is 1. The Labute approximate surface area is 131 Å². The maximum absolute atomic E-state index is 4.84. The summed E-state index contributed by atoms with van der Waals surface area (Å²) >= 11 is 1.82. The third kappa shape index (κ3) is 2.70. The number of rotatable bonds is 3. The fourth-order valence-corrected chi connectivity index (χ4v) is 4.17. The molecule has 3 rings (SSSR count). The number of thiazole rings is 1. The Hall–Kier alpha value is -1.39. The van der Waals surface area contributed by atoms with Crippen LogP contribution in [0.25, 0.3) is 0 Å². The molecule has 1 aliphatic rings. The minimum atomic E-state index is 0.355. The van der Waals surface area contributed by atoms with E-state index in [1.165, 1.54) is 16.1 Å². The number of aromatic nitrogens is 1. The molecule has 112 valence electrons. The van der Waals surface area contributed by atoms with Crippen LogP contribution in [-0.2, 0) is 6.42 Å². The van der Waals surface area contributed by atoms with Gasteiger partial charge in [0.15, 0.2) is 5.13 Å². The van der Waals surface area contributed by atoms with Crippen LogP contribution in [0.1, 0.15) is 36.0 Å². The zero-order valence-electron chi connectivity index (χ0n) is 13.2. The van der Waals surface area contributed by atoms with Crippen molar-refractivity contribution in [3.05, 3.63) is 40.4 Å². The first kappa shape index (κ1) is 14.5. The van der Waals surface area contributed by atoms with Gasteiger partial charge in [-0.2, -0.15) is 0 Å². The molecule has 0 saturated carbocycles. The van der Waals surface area contributed by atoms with Crippen molar-refractivity contribution in [1.82, 2.24) is 10.3 Å². The number of para-hydroxylation sites is 1. The summed E-state index contributed by atoms with van der Waals surface area (Å²) in [5.41, 5.74) is 3.91. The predicted octanol–water partition coefficient (Wildman–Crippen LogP) is 4.06. The van der Waals surface area contributed by atoms with Crippen LogP contribution in [0.3, 0.4) is 0 Å². The quantitative estimate of drug-likeness (QED) is 0.926. The monoisotopic (exact) mass is 301 g/mol. The van der Waals surface area contributed by atoms with Gasteiger partial charge in [-0.25, -0.2) is 4.98 Å². The lowest BCUT2D eigenvalue weighted by atomic mass is 9.94. The van der Waals surface area contributed by atoms with Crippen LogP contribution < -0.4 is 10.2 Å². The van der Waals surface area contributed by atoms with E-state index in [4.69, 9.17) is 4.98 Å². The third-order valence-electron chi connectivity index (χ3n) is 4.22. The largest absolute Gasteiger partial charge is 0.317 e. The standard InChI is InChI=1S/C17H23N3S/c1-11-9-14-7-5-6-8-15(14)20(10-11)17-19-13(3)16(21-17)12(2)18-4/h5-8,11-12,18H,9-10H2,1-4H3. The molecule has 0 fully saturated rings. The molecule has 2 heterocycles. The molecule has 1 N–H and O–H groups in total. The Kier molecular flexibility index (Phi) is 4.00. The maximum atomic E-state index is 4.84. The van der Waals surface area contributed by atoms with E-state index < -0.39 is 0 Å². The van der Waals surface area contributed by atoms with Crippen LogP contribution in [0.2, 0.25) is 0 Å². The van der Waals surface area contributed by atoms with Gasteiger partial charge in [0.2, 0.25) is 0 Å². The summed E-state index contributed by atoms with van der Waals surface area (Å²) in [7, 11) is 2.00. The number of benzene rings is 1. The van der Waals surface area contributed by atoms with E-state index in [-0.39, 0.29) is 0 Å². The van der Waals surface area contributed by atoms with Gasteiger partial charge in [0.1, 0.15) is 0 Å². The third-order valence-corrected chi connectivity index (χ3v) is 5.59.